The first-order chi connectivity index (χ1) is 9.22. The molecule has 0 spiro atoms. The van der Waals surface area contributed by atoms with E-state index in [0.29, 0.717) is 5.56 Å². The summed E-state index contributed by atoms with van der Waals surface area (Å²) in [5.74, 6) is 0.629. The van der Waals surface area contributed by atoms with Gasteiger partial charge in [-0.05, 0) is 48.5 Å². The molecule has 0 bridgehead atoms. The van der Waals surface area contributed by atoms with E-state index < -0.39 is 0 Å². The van der Waals surface area contributed by atoms with Crippen molar-refractivity contribution in [1.82, 2.24) is 0 Å². The first-order valence-electron chi connectivity index (χ1n) is 5.96. The van der Waals surface area contributed by atoms with E-state index in [-0.39, 0.29) is 5.91 Å². The van der Waals surface area contributed by atoms with Crippen molar-refractivity contribution in [2.75, 3.05) is 24.8 Å². The fourth-order valence-corrected chi connectivity index (χ4v) is 1.67. The lowest BCUT2D eigenvalue weighted by Crippen LogP contribution is -2.11. The van der Waals surface area contributed by atoms with Crippen molar-refractivity contribution in [3.63, 3.8) is 0 Å². The van der Waals surface area contributed by atoms with Gasteiger partial charge in [0.05, 0.1) is 7.11 Å². The van der Waals surface area contributed by atoms with Crippen molar-refractivity contribution < 1.29 is 9.53 Å². The molecule has 0 aliphatic carbocycles. The van der Waals surface area contributed by atoms with E-state index in [1.54, 1.807) is 43.5 Å². The summed E-state index contributed by atoms with van der Waals surface area (Å²) in [7, 11) is 3.45. The summed E-state index contributed by atoms with van der Waals surface area (Å²) in [6, 6.07) is 14.5. The van der Waals surface area contributed by atoms with Crippen LogP contribution in [-0.2, 0) is 0 Å². The molecule has 2 aromatic carbocycles. The number of hydrogen-bond donors (Lipinski definition) is 2. The van der Waals surface area contributed by atoms with Crippen LogP contribution in [0.25, 0.3) is 0 Å². The van der Waals surface area contributed by atoms with Crippen molar-refractivity contribution in [1.29, 1.82) is 0 Å². The van der Waals surface area contributed by atoms with Gasteiger partial charge in [-0.1, -0.05) is 0 Å². The third-order valence-corrected chi connectivity index (χ3v) is 2.78. The molecule has 2 rings (SSSR count). The highest BCUT2D eigenvalue weighted by Crippen LogP contribution is 2.16. The minimum absolute atomic E-state index is 0.132. The quantitative estimate of drug-likeness (QED) is 0.884. The predicted octanol–water partition coefficient (Wildman–Crippen LogP) is 2.99. The molecule has 4 heteroatoms. The topological polar surface area (TPSA) is 50.4 Å². The molecule has 0 heterocycles. The van der Waals surface area contributed by atoms with Crippen LogP contribution in [-0.4, -0.2) is 20.1 Å². The zero-order valence-corrected chi connectivity index (χ0v) is 10.9. The van der Waals surface area contributed by atoms with Crippen LogP contribution in [0.15, 0.2) is 48.5 Å². The molecule has 0 saturated carbocycles. The van der Waals surface area contributed by atoms with Crippen LogP contribution in [0.5, 0.6) is 5.75 Å². The van der Waals surface area contributed by atoms with E-state index in [9.17, 15) is 4.79 Å². The maximum atomic E-state index is 12.0. The van der Waals surface area contributed by atoms with Gasteiger partial charge in [0.25, 0.3) is 5.91 Å². The highest BCUT2D eigenvalue weighted by molar-refractivity contribution is 6.04. The number of carbonyl (C=O) groups excluding carboxylic acids is 1. The molecule has 0 aliphatic heterocycles. The van der Waals surface area contributed by atoms with Gasteiger partial charge in [0.2, 0.25) is 0 Å². The Kier molecular flexibility index (Phi) is 4.03. The molecule has 98 valence electrons. The summed E-state index contributed by atoms with van der Waals surface area (Å²) in [6.45, 7) is 0. The van der Waals surface area contributed by atoms with Crippen LogP contribution in [0.2, 0.25) is 0 Å². The Hall–Kier alpha value is -2.49. The van der Waals surface area contributed by atoms with Crippen molar-refractivity contribution in [2.24, 2.45) is 0 Å². The van der Waals surface area contributed by atoms with Crippen LogP contribution < -0.4 is 15.4 Å². The monoisotopic (exact) mass is 256 g/mol. The summed E-state index contributed by atoms with van der Waals surface area (Å²) in [4.78, 5) is 12.0. The van der Waals surface area contributed by atoms with Gasteiger partial charge in [0.1, 0.15) is 5.75 Å². The number of hydrogen-bond acceptors (Lipinski definition) is 3. The Bertz CT molecular complexity index is 547. The van der Waals surface area contributed by atoms with Crippen LogP contribution >= 0.6 is 0 Å². The van der Waals surface area contributed by atoms with Gasteiger partial charge in [-0.3, -0.25) is 4.79 Å². The molecule has 0 atom stereocenters. The van der Waals surface area contributed by atoms with Crippen LogP contribution in [0.1, 0.15) is 10.4 Å². The third kappa shape index (κ3) is 3.25. The van der Waals surface area contributed by atoms with E-state index in [1.807, 2.05) is 19.2 Å². The van der Waals surface area contributed by atoms with Gasteiger partial charge in [-0.25, -0.2) is 0 Å². The summed E-state index contributed by atoms with van der Waals surface area (Å²) in [6.07, 6.45) is 0. The number of ether oxygens (including phenoxy) is 1. The molecular weight excluding hydrogens is 240 g/mol. The van der Waals surface area contributed by atoms with E-state index in [1.165, 1.54) is 0 Å². The first kappa shape index (κ1) is 13.0. The second-order valence-electron chi connectivity index (χ2n) is 4.01. The molecule has 1 amide bonds. The van der Waals surface area contributed by atoms with Crippen LogP contribution in [0.4, 0.5) is 11.4 Å². The number of methoxy groups -OCH3 is 1. The smallest absolute Gasteiger partial charge is 0.255 e. The minimum Gasteiger partial charge on any atom is -0.497 e. The summed E-state index contributed by atoms with van der Waals surface area (Å²) >= 11 is 0. The molecule has 0 aliphatic rings. The number of nitrogens with one attached hydrogen (secondary N) is 2. The zero-order chi connectivity index (χ0) is 13.7. The maximum absolute atomic E-state index is 12.0. The average Bonchev–Trinajstić information content (AvgIpc) is 2.48. The largest absolute Gasteiger partial charge is 0.497 e. The highest BCUT2D eigenvalue weighted by atomic mass is 16.5. The lowest BCUT2D eigenvalue weighted by atomic mass is 10.2. The molecule has 2 N–H and O–H groups in total. The third-order valence-electron chi connectivity index (χ3n) is 2.78. The van der Waals surface area contributed by atoms with Crippen molar-refractivity contribution in [2.45, 2.75) is 0 Å². The second-order valence-corrected chi connectivity index (χ2v) is 4.01. The van der Waals surface area contributed by atoms with E-state index >= 15 is 0 Å². The lowest BCUT2D eigenvalue weighted by Gasteiger charge is -2.07. The highest BCUT2D eigenvalue weighted by Gasteiger charge is 2.05. The number of carbonyl (C=O) groups is 1. The normalized spacial score (nSPS) is 9.79. The van der Waals surface area contributed by atoms with E-state index in [4.69, 9.17) is 4.74 Å². The van der Waals surface area contributed by atoms with Crippen molar-refractivity contribution >= 4 is 17.3 Å². The zero-order valence-electron chi connectivity index (χ0n) is 10.9. The summed E-state index contributed by atoms with van der Waals surface area (Å²) in [5, 5.41) is 5.84. The Morgan fingerprint density at radius 3 is 2.05 bits per heavy atom. The number of amides is 1. The number of anilines is 2. The first-order valence-corrected chi connectivity index (χ1v) is 5.96. The van der Waals surface area contributed by atoms with Gasteiger partial charge in [-0.15, -0.1) is 0 Å². The van der Waals surface area contributed by atoms with E-state index in [2.05, 4.69) is 10.6 Å². The minimum atomic E-state index is -0.132. The van der Waals surface area contributed by atoms with Crippen molar-refractivity contribution in [3.8, 4) is 5.75 Å². The lowest BCUT2D eigenvalue weighted by molar-refractivity contribution is 0.102. The van der Waals surface area contributed by atoms with Crippen molar-refractivity contribution in [3.05, 3.63) is 54.1 Å². The van der Waals surface area contributed by atoms with E-state index in [0.717, 1.165) is 17.1 Å². The Morgan fingerprint density at radius 1 is 0.947 bits per heavy atom. The van der Waals surface area contributed by atoms with Crippen LogP contribution in [0, 0.1) is 0 Å². The molecule has 0 unspecified atom stereocenters. The van der Waals surface area contributed by atoms with Crippen LogP contribution in [0.3, 0.4) is 0 Å². The maximum Gasteiger partial charge on any atom is 0.255 e. The molecule has 0 aromatic heterocycles. The molecule has 19 heavy (non-hydrogen) atoms. The molecule has 4 nitrogen and oxygen atoms in total. The second kappa shape index (κ2) is 5.91. The molecular formula is C15H16N2O2. The average molecular weight is 256 g/mol. The summed E-state index contributed by atoms with van der Waals surface area (Å²) in [5.41, 5.74) is 2.33. The molecule has 0 saturated heterocycles. The summed E-state index contributed by atoms with van der Waals surface area (Å²) < 4.78 is 5.06. The SMILES string of the molecule is CNc1ccc(C(=O)Nc2ccc(OC)cc2)cc1. The fourth-order valence-electron chi connectivity index (χ4n) is 1.67. The fraction of sp³-hybridized carbons (Fsp3) is 0.133. The van der Waals surface area contributed by atoms with Gasteiger partial charge >= 0.3 is 0 Å². The Balaban J connectivity index is 2.06. The van der Waals surface area contributed by atoms with Gasteiger partial charge in [0.15, 0.2) is 0 Å². The number of rotatable bonds is 4. The van der Waals surface area contributed by atoms with Gasteiger partial charge in [-0.2, -0.15) is 0 Å². The predicted molar refractivity (Wildman–Crippen MR) is 76.9 cm³/mol. The molecule has 2 aromatic rings. The Morgan fingerprint density at radius 2 is 1.53 bits per heavy atom. The van der Waals surface area contributed by atoms with Gasteiger partial charge in [0, 0.05) is 24.0 Å². The molecule has 0 radical (unpaired) electrons. The molecule has 0 fully saturated rings. The van der Waals surface area contributed by atoms with Gasteiger partial charge < -0.3 is 15.4 Å². The number of benzene rings is 2. The standard InChI is InChI=1S/C15H16N2O2/c1-16-12-5-3-11(4-6-12)15(18)17-13-7-9-14(19-2)10-8-13/h3-10,16H,1-2H3,(H,17,18). The Labute approximate surface area is 112 Å².